The summed E-state index contributed by atoms with van der Waals surface area (Å²) in [6.07, 6.45) is 5.10. The molecular weight excluding hydrogens is 222 g/mol. The number of furan rings is 1. The van der Waals surface area contributed by atoms with Gasteiger partial charge in [0, 0.05) is 17.0 Å². The highest BCUT2D eigenvalue weighted by atomic mass is 16.3. The van der Waals surface area contributed by atoms with Crippen LogP contribution in [0.2, 0.25) is 0 Å². The van der Waals surface area contributed by atoms with Crippen LogP contribution in [0.1, 0.15) is 42.9 Å². The van der Waals surface area contributed by atoms with E-state index in [0.717, 1.165) is 11.3 Å². The molecule has 1 aliphatic rings. The van der Waals surface area contributed by atoms with E-state index in [2.05, 4.69) is 37.5 Å². The minimum Gasteiger partial charge on any atom is -0.461 e. The Labute approximate surface area is 108 Å². The predicted molar refractivity (Wildman–Crippen MR) is 75.0 cm³/mol. The fourth-order valence-corrected chi connectivity index (χ4v) is 3.37. The normalized spacial score (nSPS) is 24.6. The van der Waals surface area contributed by atoms with Crippen LogP contribution in [0.3, 0.4) is 0 Å². The average molecular weight is 243 g/mol. The van der Waals surface area contributed by atoms with Crippen LogP contribution in [0.15, 0.2) is 28.7 Å². The molecule has 2 aromatic rings. The summed E-state index contributed by atoms with van der Waals surface area (Å²) in [7, 11) is 2.07. The molecule has 18 heavy (non-hydrogen) atoms. The third-order valence-corrected chi connectivity index (χ3v) is 4.36. The van der Waals surface area contributed by atoms with Crippen molar-refractivity contribution in [2.24, 2.45) is 0 Å². The molecular formula is C16H21NO. The largest absolute Gasteiger partial charge is 0.461 e. The van der Waals surface area contributed by atoms with E-state index in [1.807, 2.05) is 6.07 Å². The van der Waals surface area contributed by atoms with Crippen LogP contribution in [0.5, 0.6) is 0 Å². The molecule has 0 aliphatic heterocycles. The van der Waals surface area contributed by atoms with Crippen LogP contribution in [0.4, 0.5) is 0 Å². The van der Waals surface area contributed by atoms with Crippen LogP contribution >= 0.6 is 0 Å². The lowest BCUT2D eigenvalue weighted by Crippen LogP contribution is -2.29. The Kier molecular flexibility index (Phi) is 3.13. The van der Waals surface area contributed by atoms with Crippen molar-refractivity contribution in [3.05, 3.63) is 35.6 Å². The molecule has 1 saturated carbocycles. The van der Waals surface area contributed by atoms with Crippen molar-refractivity contribution in [2.45, 2.75) is 44.6 Å². The van der Waals surface area contributed by atoms with Crippen molar-refractivity contribution in [3.8, 4) is 0 Å². The van der Waals surface area contributed by atoms with E-state index in [4.69, 9.17) is 4.42 Å². The Morgan fingerprint density at radius 2 is 1.83 bits per heavy atom. The highest BCUT2D eigenvalue weighted by Crippen LogP contribution is 2.39. The number of aryl methyl sites for hydroxylation is 1. The summed E-state index contributed by atoms with van der Waals surface area (Å²) in [6.45, 7) is 2.11. The molecule has 0 saturated heterocycles. The molecule has 0 spiro atoms. The van der Waals surface area contributed by atoms with E-state index in [0.29, 0.717) is 12.0 Å². The molecule has 1 heterocycles. The average Bonchev–Trinajstić information content (AvgIpc) is 2.75. The summed E-state index contributed by atoms with van der Waals surface area (Å²) in [4.78, 5) is 0. The van der Waals surface area contributed by atoms with E-state index >= 15 is 0 Å². The van der Waals surface area contributed by atoms with Crippen molar-refractivity contribution in [1.82, 2.24) is 5.32 Å². The lowest BCUT2D eigenvalue weighted by atomic mass is 9.81. The molecule has 1 aromatic carbocycles. The molecule has 1 fully saturated rings. The molecule has 3 rings (SSSR count). The van der Waals surface area contributed by atoms with Crippen LogP contribution < -0.4 is 5.32 Å². The fourth-order valence-electron chi connectivity index (χ4n) is 3.37. The highest BCUT2D eigenvalue weighted by Gasteiger charge is 2.25. The number of para-hydroxylation sites is 1. The monoisotopic (exact) mass is 243 g/mol. The maximum absolute atomic E-state index is 5.89. The Hall–Kier alpha value is -1.28. The lowest BCUT2D eigenvalue weighted by Gasteiger charge is -2.28. The van der Waals surface area contributed by atoms with Gasteiger partial charge in [-0.3, -0.25) is 0 Å². The molecule has 0 amide bonds. The van der Waals surface area contributed by atoms with E-state index in [-0.39, 0.29) is 0 Å². The Bertz CT molecular complexity index is 535. The second-order valence-corrected chi connectivity index (χ2v) is 5.41. The van der Waals surface area contributed by atoms with Gasteiger partial charge in [-0.1, -0.05) is 18.2 Å². The molecule has 0 unspecified atom stereocenters. The van der Waals surface area contributed by atoms with Gasteiger partial charge in [0.2, 0.25) is 0 Å². The first-order valence-electron chi connectivity index (χ1n) is 6.95. The van der Waals surface area contributed by atoms with E-state index in [1.54, 1.807) is 0 Å². The molecule has 96 valence electrons. The maximum atomic E-state index is 5.89. The number of fused-ring (bicyclic) bond motifs is 1. The van der Waals surface area contributed by atoms with Gasteiger partial charge in [-0.25, -0.2) is 0 Å². The minimum absolute atomic E-state index is 0.679. The molecule has 2 nitrogen and oxygen atoms in total. The van der Waals surface area contributed by atoms with E-state index in [9.17, 15) is 0 Å². The third kappa shape index (κ3) is 1.95. The van der Waals surface area contributed by atoms with Crippen molar-refractivity contribution in [3.63, 3.8) is 0 Å². The molecule has 0 bridgehead atoms. The fraction of sp³-hybridized carbons (Fsp3) is 0.500. The lowest BCUT2D eigenvalue weighted by molar-refractivity contribution is 0.357. The SMILES string of the molecule is CNC1CCC(c2c(C)oc3ccccc23)CC1. The zero-order chi connectivity index (χ0) is 12.5. The summed E-state index contributed by atoms with van der Waals surface area (Å²) in [5, 5.41) is 4.72. The quantitative estimate of drug-likeness (QED) is 0.862. The number of benzene rings is 1. The zero-order valence-electron chi connectivity index (χ0n) is 11.2. The topological polar surface area (TPSA) is 25.2 Å². The van der Waals surface area contributed by atoms with Gasteiger partial charge < -0.3 is 9.73 Å². The van der Waals surface area contributed by atoms with Gasteiger partial charge >= 0.3 is 0 Å². The summed E-state index contributed by atoms with van der Waals surface area (Å²) in [5.41, 5.74) is 2.50. The zero-order valence-corrected chi connectivity index (χ0v) is 11.2. The van der Waals surface area contributed by atoms with Crippen molar-refractivity contribution in [2.75, 3.05) is 7.05 Å². The summed E-state index contributed by atoms with van der Waals surface area (Å²) in [6, 6.07) is 9.14. The summed E-state index contributed by atoms with van der Waals surface area (Å²) in [5.74, 6) is 1.79. The standard InChI is InChI=1S/C16H21NO/c1-11-16(12-7-9-13(17-2)10-8-12)14-5-3-4-6-15(14)18-11/h3-6,12-13,17H,7-10H2,1-2H3. The van der Waals surface area contributed by atoms with Crippen LogP contribution in [-0.4, -0.2) is 13.1 Å². The molecule has 1 aliphatic carbocycles. The second-order valence-electron chi connectivity index (χ2n) is 5.41. The van der Waals surface area contributed by atoms with Gasteiger partial charge in [0.05, 0.1) is 0 Å². The molecule has 0 radical (unpaired) electrons. The molecule has 0 atom stereocenters. The third-order valence-electron chi connectivity index (χ3n) is 4.36. The minimum atomic E-state index is 0.679. The maximum Gasteiger partial charge on any atom is 0.134 e. The number of hydrogen-bond acceptors (Lipinski definition) is 2. The Morgan fingerprint density at radius 1 is 1.11 bits per heavy atom. The first-order valence-corrected chi connectivity index (χ1v) is 6.95. The smallest absolute Gasteiger partial charge is 0.134 e. The van der Waals surface area contributed by atoms with Crippen molar-refractivity contribution >= 4 is 11.0 Å². The van der Waals surface area contributed by atoms with Crippen molar-refractivity contribution in [1.29, 1.82) is 0 Å². The molecule has 1 aromatic heterocycles. The van der Waals surface area contributed by atoms with Gasteiger partial charge in [0.1, 0.15) is 11.3 Å². The van der Waals surface area contributed by atoms with Crippen LogP contribution in [0.25, 0.3) is 11.0 Å². The van der Waals surface area contributed by atoms with Gasteiger partial charge in [-0.05, 0) is 51.6 Å². The first-order chi connectivity index (χ1) is 8.79. The van der Waals surface area contributed by atoms with E-state index in [1.165, 1.54) is 36.6 Å². The van der Waals surface area contributed by atoms with Gasteiger partial charge in [0.15, 0.2) is 0 Å². The van der Waals surface area contributed by atoms with E-state index < -0.39 is 0 Å². The van der Waals surface area contributed by atoms with Gasteiger partial charge in [-0.15, -0.1) is 0 Å². The summed E-state index contributed by atoms with van der Waals surface area (Å²) >= 11 is 0. The van der Waals surface area contributed by atoms with Gasteiger partial charge in [0.25, 0.3) is 0 Å². The van der Waals surface area contributed by atoms with Crippen molar-refractivity contribution < 1.29 is 4.42 Å². The first kappa shape index (κ1) is 11.8. The number of hydrogen-bond donors (Lipinski definition) is 1. The summed E-state index contributed by atoms with van der Waals surface area (Å²) < 4.78 is 5.89. The van der Waals surface area contributed by atoms with Gasteiger partial charge in [-0.2, -0.15) is 0 Å². The molecule has 2 heteroatoms. The molecule has 1 N–H and O–H groups in total. The van der Waals surface area contributed by atoms with Crippen LogP contribution in [-0.2, 0) is 0 Å². The highest BCUT2D eigenvalue weighted by molar-refractivity contribution is 5.82. The number of nitrogens with one attached hydrogen (secondary N) is 1. The second kappa shape index (κ2) is 4.77. The Balaban J connectivity index is 1.92. The Morgan fingerprint density at radius 3 is 2.56 bits per heavy atom. The number of rotatable bonds is 2. The predicted octanol–water partition coefficient (Wildman–Crippen LogP) is 3.99. The van der Waals surface area contributed by atoms with Crippen LogP contribution in [0, 0.1) is 6.92 Å².